The van der Waals surface area contributed by atoms with Gasteiger partial charge in [0.25, 0.3) is 0 Å². The van der Waals surface area contributed by atoms with Crippen LogP contribution in [0.2, 0.25) is 0 Å². The summed E-state index contributed by atoms with van der Waals surface area (Å²) in [5.41, 5.74) is 0.566. The van der Waals surface area contributed by atoms with Crippen LogP contribution in [0.15, 0.2) is 27.9 Å². The van der Waals surface area contributed by atoms with E-state index in [-0.39, 0.29) is 22.2 Å². The van der Waals surface area contributed by atoms with E-state index in [9.17, 15) is 18.0 Å². The molecule has 8 nitrogen and oxygen atoms in total. The van der Waals surface area contributed by atoms with Crippen molar-refractivity contribution in [2.24, 2.45) is 0 Å². The first-order valence-corrected chi connectivity index (χ1v) is 10.7. The minimum Gasteiger partial charge on any atom is -0.378 e. The number of carbonyl (C=O) groups excluding carboxylic acids is 1. The lowest BCUT2D eigenvalue weighted by molar-refractivity contribution is -0.135. The first kappa shape index (κ1) is 19.0. The van der Waals surface area contributed by atoms with Crippen molar-refractivity contribution in [3.8, 4) is 0 Å². The van der Waals surface area contributed by atoms with E-state index in [1.807, 2.05) is 6.92 Å². The third kappa shape index (κ3) is 3.98. The van der Waals surface area contributed by atoms with Crippen LogP contribution in [0.25, 0.3) is 10.2 Å². The number of sulfonamides is 1. The predicted molar refractivity (Wildman–Crippen MR) is 99.0 cm³/mol. The fourth-order valence-electron chi connectivity index (χ4n) is 2.73. The largest absolute Gasteiger partial charge is 0.378 e. The van der Waals surface area contributed by atoms with Gasteiger partial charge in [0.2, 0.25) is 15.9 Å². The van der Waals surface area contributed by atoms with Gasteiger partial charge >= 0.3 is 4.87 Å². The second-order valence-electron chi connectivity index (χ2n) is 5.97. The SMILES string of the molecule is CCCNS(=O)(=O)c1ccc2c(c1)sc(=O)n2CC(=O)N1CCOCC1. The lowest BCUT2D eigenvalue weighted by atomic mass is 10.3. The standard InChI is InChI=1S/C16H21N3O5S2/c1-2-5-17-26(22,23)12-3-4-13-14(10-12)25-16(21)19(13)11-15(20)18-6-8-24-9-7-18/h3-4,10,17H,2,5-9,11H2,1H3. The number of carbonyl (C=O) groups is 1. The van der Waals surface area contributed by atoms with Gasteiger partial charge < -0.3 is 9.64 Å². The molecular formula is C16H21N3O5S2. The van der Waals surface area contributed by atoms with Crippen LogP contribution < -0.4 is 9.60 Å². The van der Waals surface area contributed by atoms with E-state index < -0.39 is 10.0 Å². The average molecular weight is 399 g/mol. The summed E-state index contributed by atoms with van der Waals surface area (Å²) in [6.45, 7) is 4.20. The third-order valence-electron chi connectivity index (χ3n) is 4.15. The van der Waals surface area contributed by atoms with E-state index >= 15 is 0 Å². The molecule has 0 atom stereocenters. The van der Waals surface area contributed by atoms with Gasteiger partial charge in [-0.1, -0.05) is 18.3 Å². The summed E-state index contributed by atoms with van der Waals surface area (Å²) in [7, 11) is -3.60. The van der Waals surface area contributed by atoms with E-state index in [1.54, 1.807) is 11.0 Å². The summed E-state index contributed by atoms with van der Waals surface area (Å²) >= 11 is 0.941. The molecule has 0 spiro atoms. The summed E-state index contributed by atoms with van der Waals surface area (Å²) in [5.74, 6) is -0.142. The number of thiazole rings is 1. The number of fused-ring (bicyclic) bond motifs is 1. The highest BCUT2D eigenvalue weighted by Gasteiger charge is 2.20. The number of hydrogen-bond donors (Lipinski definition) is 1. The van der Waals surface area contributed by atoms with Gasteiger partial charge in [-0.05, 0) is 24.6 Å². The highest BCUT2D eigenvalue weighted by atomic mass is 32.2. The fraction of sp³-hybridized carbons (Fsp3) is 0.500. The van der Waals surface area contributed by atoms with Crippen LogP contribution in [0.3, 0.4) is 0 Å². The van der Waals surface area contributed by atoms with E-state index in [2.05, 4.69) is 4.72 Å². The van der Waals surface area contributed by atoms with E-state index in [0.29, 0.717) is 49.5 Å². The van der Waals surface area contributed by atoms with Crippen molar-refractivity contribution < 1.29 is 17.9 Å². The summed E-state index contributed by atoms with van der Waals surface area (Å²) in [5, 5.41) is 0. The molecule has 0 saturated carbocycles. The Hall–Kier alpha value is -1.75. The van der Waals surface area contributed by atoms with Gasteiger partial charge in [-0.15, -0.1) is 0 Å². The Morgan fingerprint density at radius 1 is 1.31 bits per heavy atom. The van der Waals surface area contributed by atoms with Crippen LogP contribution >= 0.6 is 11.3 Å². The minimum absolute atomic E-state index is 0.0565. The maximum absolute atomic E-state index is 12.4. The van der Waals surface area contributed by atoms with Crippen LogP contribution in [0.5, 0.6) is 0 Å². The molecule has 1 fully saturated rings. The molecule has 1 N–H and O–H groups in total. The van der Waals surface area contributed by atoms with E-state index in [0.717, 1.165) is 11.3 Å². The maximum atomic E-state index is 12.4. The van der Waals surface area contributed by atoms with E-state index in [1.165, 1.54) is 16.7 Å². The fourth-order valence-corrected chi connectivity index (χ4v) is 4.90. The summed E-state index contributed by atoms with van der Waals surface area (Å²) < 4.78 is 34.2. The number of rotatable bonds is 6. The number of benzene rings is 1. The topological polar surface area (TPSA) is 97.7 Å². The number of hydrogen-bond acceptors (Lipinski definition) is 6. The van der Waals surface area contributed by atoms with Crippen molar-refractivity contribution in [2.75, 3.05) is 32.8 Å². The van der Waals surface area contributed by atoms with Crippen LogP contribution in [0.4, 0.5) is 0 Å². The number of aromatic nitrogens is 1. The van der Waals surface area contributed by atoms with Crippen LogP contribution in [0.1, 0.15) is 13.3 Å². The number of amides is 1. The zero-order valence-corrected chi connectivity index (χ0v) is 16.1. The van der Waals surface area contributed by atoms with Gasteiger partial charge in [-0.25, -0.2) is 13.1 Å². The smallest absolute Gasteiger partial charge is 0.308 e. The van der Waals surface area contributed by atoms with Crippen molar-refractivity contribution in [1.82, 2.24) is 14.2 Å². The molecule has 142 valence electrons. The normalized spacial score (nSPS) is 15.5. The monoisotopic (exact) mass is 399 g/mol. The summed E-state index contributed by atoms with van der Waals surface area (Å²) in [6, 6.07) is 4.53. The lowest BCUT2D eigenvalue weighted by Crippen LogP contribution is -2.43. The Morgan fingerprint density at radius 2 is 2.04 bits per heavy atom. The predicted octanol–water partition coefficient (Wildman–Crippen LogP) is 0.610. The van der Waals surface area contributed by atoms with Crippen LogP contribution in [-0.4, -0.2) is 56.6 Å². The number of nitrogens with zero attached hydrogens (tertiary/aromatic N) is 2. The molecule has 0 aliphatic carbocycles. The van der Waals surface area contributed by atoms with Gasteiger partial charge in [0, 0.05) is 19.6 Å². The van der Waals surface area contributed by atoms with Crippen LogP contribution in [-0.2, 0) is 26.1 Å². The van der Waals surface area contributed by atoms with Gasteiger partial charge in [-0.2, -0.15) is 0 Å². The van der Waals surface area contributed by atoms with Gasteiger partial charge in [-0.3, -0.25) is 14.2 Å². The number of nitrogens with one attached hydrogen (secondary N) is 1. The highest BCUT2D eigenvalue weighted by molar-refractivity contribution is 7.89. The molecule has 2 aromatic rings. The molecule has 0 bridgehead atoms. The summed E-state index contributed by atoms with van der Waals surface area (Å²) in [4.78, 5) is 26.2. The maximum Gasteiger partial charge on any atom is 0.308 e. The lowest BCUT2D eigenvalue weighted by Gasteiger charge is -2.26. The van der Waals surface area contributed by atoms with Gasteiger partial charge in [0.15, 0.2) is 0 Å². The zero-order valence-electron chi connectivity index (χ0n) is 14.4. The molecule has 0 radical (unpaired) electrons. The molecule has 2 heterocycles. The number of ether oxygens (including phenoxy) is 1. The molecule has 1 aromatic carbocycles. The van der Waals surface area contributed by atoms with Crippen molar-refractivity contribution in [1.29, 1.82) is 0 Å². The molecular weight excluding hydrogens is 378 g/mol. The second-order valence-corrected chi connectivity index (χ2v) is 8.73. The number of morpholine rings is 1. The van der Waals surface area contributed by atoms with Crippen molar-refractivity contribution in [3.05, 3.63) is 27.9 Å². The van der Waals surface area contributed by atoms with Gasteiger partial charge in [0.05, 0.1) is 28.3 Å². The van der Waals surface area contributed by atoms with Crippen molar-refractivity contribution >= 4 is 37.5 Å². The van der Waals surface area contributed by atoms with Gasteiger partial charge in [0.1, 0.15) is 6.54 Å². The van der Waals surface area contributed by atoms with Crippen molar-refractivity contribution in [3.63, 3.8) is 0 Å². The molecule has 10 heteroatoms. The van der Waals surface area contributed by atoms with Crippen molar-refractivity contribution in [2.45, 2.75) is 24.8 Å². The molecule has 1 amide bonds. The Balaban J connectivity index is 1.87. The Morgan fingerprint density at radius 3 is 2.73 bits per heavy atom. The molecule has 1 aromatic heterocycles. The Kier molecular flexibility index (Phi) is 5.76. The Labute approximate surface area is 155 Å². The Bertz CT molecular complexity index is 958. The summed E-state index contributed by atoms with van der Waals surface area (Å²) in [6.07, 6.45) is 0.689. The second kappa shape index (κ2) is 7.87. The first-order valence-electron chi connectivity index (χ1n) is 8.41. The molecule has 0 unspecified atom stereocenters. The van der Waals surface area contributed by atoms with E-state index in [4.69, 9.17) is 4.74 Å². The quantitative estimate of drug-likeness (QED) is 0.768. The first-order chi connectivity index (χ1) is 12.4. The van der Waals surface area contributed by atoms with Crippen LogP contribution in [0, 0.1) is 0 Å². The highest BCUT2D eigenvalue weighted by Crippen LogP contribution is 2.22. The third-order valence-corrected chi connectivity index (χ3v) is 6.55. The molecule has 26 heavy (non-hydrogen) atoms. The zero-order chi connectivity index (χ0) is 18.7. The molecule has 1 saturated heterocycles. The minimum atomic E-state index is -3.60. The molecule has 1 aliphatic heterocycles. The average Bonchev–Trinajstić information content (AvgIpc) is 2.95. The molecule has 1 aliphatic rings. The molecule has 3 rings (SSSR count).